The molecule has 1 aromatic carbocycles. The lowest BCUT2D eigenvalue weighted by atomic mass is 9.94. The van der Waals surface area contributed by atoms with Gasteiger partial charge in [0.2, 0.25) is 0 Å². The van der Waals surface area contributed by atoms with Crippen LogP contribution in [0.15, 0.2) is 46.9 Å². The lowest BCUT2D eigenvalue weighted by Crippen LogP contribution is -2.15. The molecule has 23 heavy (non-hydrogen) atoms. The number of hydrogen-bond acceptors (Lipinski definition) is 5. The third-order valence-corrected chi connectivity index (χ3v) is 4.42. The molecule has 0 aliphatic carbocycles. The topological polar surface area (TPSA) is 69.4 Å². The van der Waals surface area contributed by atoms with Crippen LogP contribution >= 0.6 is 11.8 Å². The first-order chi connectivity index (χ1) is 11.0. The van der Waals surface area contributed by atoms with Gasteiger partial charge >= 0.3 is 5.97 Å². The van der Waals surface area contributed by atoms with Crippen LogP contribution in [0.5, 0.6) is 0 Å². The smallest absolute Gasteiger partial charge is 0.344 e. The molecular formula is C17H19NO4S. The van der Waals surface area contributed by atoms with Crippen LogP contribution in [0.25, 0.3) is 0 Å². The van der Waals surface area contributed by atoms with E-state index < -0.39 is 4.92 Å². The number of ether oxygens (including phenoxy) is 1. The molecule has 1 atom stereocenters. The molecule has 0 aromatic heterocycles. The Hall–Kier alpha value is -2.08. The number of benzene rings is 1. The van der Waals surface area contributed by atoms with Crippen molar-refractivity contribution in [1.29, 1.82) is 0 Å². The van der Waals surface area contributed by atoms with E-state index in [0.29, 0.717) is 11.5 Å². The zero-order valence-electron chi connectivity index (χ0n) is 13.2. The molecule has 0 amide bonds. The number of non-ortho nitro benzene ring substituents is 1. The number of nitro benzene ring substituents is 1. The standard InChI is InChI=1S/C17H19NO4S/c1-12(2)3-4-14(11-16-17(19)22-9-10-23-16)13-5-7-15(8-6-13)18(20)21/h3,5-8,11,14H,4,9-10H2,1-2H3/b16-11-. The maximum atomic E-state index is 11.8. The molecule has 0 radical (unpaired) electrons. The summed E-state index contributed by atoms with van der Waals surface area (Å²) in [6.07, 6.45) is 4.74. The van der Waals surface area contributed by atoms with E-state index in [1.54, 1.807) is 12.1 Å². The first-order valence-corrected chi connectivity index (χ1v) is 8.35. The van der Waals surface area contributed by atoms with Gasteiger partial charge in [0.15, 0.2) is 0 Å². The summed E-state index contributed by atoms with van der Waals surface area (Å²) >= 11 is 1.49. The molecule has 1 saturated heterocycles. The van der Waals surface area contributed by atoms with Crippen LogP contribution in [0, 0.1) is 10.1 Å². The maximum absolute atomic E-state index is 11.8. The summed E-state index contributed by atoms with van der Waals surface area (Å²) in [5, 5.41) is 10.8. The Labute approximate surface area is 139 Å². The molecule has 0 saturated carbocycles. The van der Waals surface area contributed by atoms with Gasteiger partial charge in [-0.1, -0.05) is 29.9 Å². The average Bonchev–Trinajstić information content (AvgIpc) is 2.53. The van der Waals surface area contributed by atoms with Gasteiger partial charge in [-0.2, -0.15) is 0 Å². The number of thioether (sulfide) groups is 1. The summed E-state index contributed by atoms with van der Waals surface area (Å²) in [5.74, 6) is 0.455. The molecule has 1 aromatic rings. The van der Waals surface area contributed by atoms with E-state index in [9.17, 15) is 14.9 Å². The number of cyclic esters (lactones) is 1. The van der Waals surface area contributed by atoms with Gasteiger partial charge in [0.25, 0.3) is 5.69 Å². The van der Waals surface area contributed by atoms with Crippen LogP contribution in [0.2, 0.25) is 0 Å². The number of carbonyl (C=O) groups is 1. The molecule has 1 aliphatic heterocycles. The number of allylic oxidation sites excluding steroid dienone is 3. The highest BCUT2D eigenvalue weighted by Crippen LogP contribution is 2.30. The van der Waals surface area contributed by atoms with Crippen molar-refractivity contribution in [3.63, 3.8) is 0 Å². The van der Waals surface area contributed by atoms with Gasteiger partial charge in [0.1, 0.15) is 6.61 Å². The van der Waals surface area contributed by atoms with Crippen molar-refractivity contribution in [1.82, 2.24) is 0 Å². The fourth-order valence-electron chi connectivity index (χ4n) is 2.22. The summed E-state index contributed by atoms with van der Waals surface area (Å²) in [4.78, 5) is 22.8. The van der Waals surface area contributed by atoms with E-state index in [1.807, 2.05) is 19.9 Å². The molecule has 1 heterocycles. The minimum atomic E-state index is -0.415. The van der Waals surface area contributed by atoms with Crippen molar-refractivity contribution in [3.8, 4) is 0 Å². The third-order valence-electron chi connectivity index (χ3n) is 3.44. The van der Waals surface area contributed by atoms with E-state index >= 15 is 0 Å². The second kappa shape index (κ2) is 7.97. The summed E-state index contributed by atoms with van der Waals surface area (Å²) in [5.41, 5.74) is 2.20. The van der Waals surface area contributed by atoms with Gasteiger partial charge in [-0.15, -0.1) is 11.8 Å². The van der Waals surface area contributed by atoms with E-state index in [0.717, 1.165) is 17.7 Å². The predicted octanol–water partition coefficient (Wildman–Crippen LogP) is 4.21. The van der Waals surface area contributed by atoms with Gasteiger partial charge in [0, 0.05) is 23.8 Å². The van der Waals surface area contributed by atoms with Crippen LogP contribution < -0.4 is 0 Å². The number of carbonyl (C=O) groups excluding carboxylic acids is 1. The summed E-state index contributed by atoms with van der Waals surface area (Å²) < 4.78 is 5.07. The Morgan fingerprint density at radius 3 is 2.65 bits per heavy atom. The van der Waals surface area contributed by atoms with Crippen molar-refractivity contribution in [2.75, 3.05) is 12.4 Å². The Morgan fingerprint density at radius 1 is 1.39 bits per heavy atom. The molecule has 0 spiro atoms. The van der Waals surface area contributed by atoms with Crippen LogP contribution in [0.1, 0.15) is 31.7 Å². The van der Waals surface area contributed by atoms with Gasteiger partial charge in [0.05, 0.1) is 9.83 Å². The van der Waals surface area contributed by atoms with Crippen LogP contribution in [-0.4, -0.2) is 23.3 Å². The highest BCUT2D eigenvalue weighted by Gasteiger charge is 2.20. The van der Waals surface area contributed by atoms with Gasteiger partial charge in [-0.05, 0) is 25.8 Å². The minimum absolute atomic E-state index is 0.0149. The molecule has 6 heteroatoms. The second-order valence-corrected chi connectivity index (χ2v) is 6.62. The Morgan fingerprint density at radius 2 is 2.09 bits per heavy atom. The summed E-state index contributed by atoms with van der Waals surface area (Å²) in [6, 6.07) is 6.49. The van der Waals surface area contributed by atoms with Gasteiger partial charge < -0.3 is 4.74 Å². The van der Waals surface area contributed by atoms with E-state index in [1.165, 1.54) is 29.5 Å². The van der Waals surface area contributed by atoms with E-state index in [4.69, 9.17) is 4.74 Å². The number of nitrogens with zero attached hydrogens (tertiary/aromatic N) is 1. The monoisotopic (exact) mass is 333 g/mol. The molecular weight excluding hydrogens is 314 g/mol. The van der Waals surface area contributed by atoms with Crippen LogP contribution in [-0.2, 0) is 9.53 Å². The quantitative estimate of drug-likeness (QED) is 0.265. The Bertz CT molecular complexity index is 645. The van der Waals surface area contributed by atoms with Gasteiger partial charge in [-0.3, -0.25) is 10.1 Å². The highest BCUT2D eigenvalue weighted by molar-refractivity contribution is 8.04. The second-order valence-electron chi connectivity index (χ2n) is 5.49. The number of hydrogen-bond donors (Lipinski definition) is 0. The number of nitro groups is 1. The highest BCUT2D eigenvalue weighted by atomic mass is 32.2. The van der Waals surface area contributed by atoms with Crippen molar-refractivity contribution in [2.45, 2.75) is 26.2 Å². The molecule has 2 rings (SSSR count). The fraction of sp³-hybridized carbons (Fsp3) is 0.353. The largest absolute Gasteiger partial charge is 0.461 e. The van der Waals surface area contributed by atoms with Crippen molar-refractivity contribution >= 4 is 23.4 Å². The lowest BCUT2D eigenvalue weighted by Gasteiger charge is -2.17. The van der Waals surface area contributed by atoms with Crippen molar-refractivity contribution in [2.24, 2.45) is 0 Å². The van der Waals surface area contributed by atoms with Gasteiger partial charge in [-0.25, -0.2) is 4.79 Å². The molecule has 1 unspecified atom stereocenters. The SMILES string of the molecule is CC(C)=CCC(/C=C1\SCCOC1=O)c1ccc([N+](=O)[O-])cc1. The maximum Gasteiger partial charge on any atom is 0.344 e. The van der Waals surface area contributed by atoms with Crippen molar-refractivity contribution in [3.05, 3.63) is 62.6 Å². The van der Waals surface area contributed by atoms with E-state index in [-0.39, 0.29) is 17.6 Å². The molecule has 122 valence electrons. The first kappa shape index (κ1) is 17.3. The lowest BCUT2D eigenvalue weighted by molar-refractivity contribution is -0.384. The summed E-state index contributed by atoms with van der Waals surface area (Å²) in [7, 11) is 0. The fourth-order valence-corrected chi connectivity index (χ4v) is 3.05. The number of esters is 1. The van der Waals surface area contributed by atoms with Crippen LogP contribution in [0.4, 0.5) is 5.69 Å². The number of rotatable bonds is 5. The summed E-state index contributed by atoms with van der Waals surface area (Å²) in [6.45, 7) is 4.48. The zero-order valence-corrected chi connectivity index (χ0v) is 14.0. The molecule has 0 N–H and O–H groups in total. The third kappa shape index (κ3) is 4.96. The molecule has 0 bridgehead atoms. The molecule has 5 nitrogen and oxygen atoms in total. The van der Waals surface area contributed by atoms with Crippen LogP contribution in [0.3, 0.4) is 0 Å². The van der Waals surface area contributed by atoms with E-state index in [2.05, 4.69) is 6.08 Å². The average molecular weight is 333 g/mol. The molecule has 1 aliphatic rings. The zero-order chi connectivity index (χ0) is 16.8. The normalized spacial score (nSPS) is 17.5. The minimum Gasteiger partial charge on any atom is -0.461 e. The molecule has 1 fully saturated rings. The Kier molecular flexibility index (Phi) is 5.98. The predicted molar refractivity (Wildman–Crippen MR) is 91.4 cm³/mol. The Balaban J connectivity index is 2.29. The first-order valence-electron chi connectivity index (χ1n) is 7.37. The van der Waals surface area contributed by atoms with Crippen molar-refractivity contribution < 1.29 is 14.5 Å².